The van der Waals surface area contributed by atoms with E-state index in [2.05, 4.69) is 20.3 Å². The van der Waals surface area contributed by atoms with E-state index in [1.807, 2.05) is 0 Å². The molecular weight excluding hydrogens is 462 g/mol. The third kappa shape index (κ3) is 4.11. The van der Waals surface area contributed by atoms with E-state index < -0.39 is 23.6 Å². The second-order valence-electron chi connectivity index (χ2n) is 7.58. The number of carbonyl (C=O) groups is 1. The maximum absolute atomic E-state index is 14.7. The van der Waals surface area contributed by atoms with E-state index in [1.54, 1.807) is 42.7 Å². The van der Waals surface area contributed by atoms with Gasteiger partial charge in [-0.1, -0.05) is 23.7 Å². The van der Waals surface area contributed by atoms with Crippen molar-refractivity contribution >= 4 is 35.4 Å². The van der Waals surface area contributed by atoms with Crippen LogP contribution in [-0.2, 0) is 0 Å². The lowest BCUT2D eigenvalue weighted by molar-refractivity contribution is 0.0697. The van der Waals surface area contributed by atoms with Crippen molar-refractivity contribution in [3.63, 3.8) is 0 Å². The van der Waals surface area contributed by atoms with Crippen LogP contribution < -0.4 is 5.32 Å². The van der Waals surface area contributed by atoms with Crippen LogP contribution >= 0.6 is 11.6 Å². The van der Waals surface area contributed by atoms with Gasteiger partial charge in [-0.3, -0.25) is 4.99 Å². The smallest absolute Gasteiger partial charge is 0.335 e. The summed E-state index contributed by atoms with van der Waals surface area (Å²) in [4.78, 5) is 24.6. The Balaban J connectivity index is 1.57. The molecule has 1 aliphatic rings. The Labute approximate surface area is 197 Å². The molecule has 0 fully saturated rings. The molecule has 2 N–H and O–H groups in total. The summed E-state index contributed by atoms with van der Waals surface area (Å²) in [5.41, 5.74) is 3.43. The van der Waals surface area contributed by atoms with Crippen LogP contribution in [0, 0.1) is 11.6 Å². The van der Waals surface area contributed by atoms with Gasteiger partial charge in [0, 0.05) is 45.9 Å². The fourth-order valence-corrected chi connectivity index (χ4v) is 3.95. The van der Waals surface area contributed by atoms with Crippen molar-refractivity contribution in [2.45, 2.75) is 6.04 Å². The molecule has 1 unspecified atom stereocenters. The highest BCUT2D eigenvalue weighted by atomic mass is 35.5. The normalized spacial score (nSPS) is 14.1. The summed E-state index contributed by atoms with van der Waals surface area (Å²) in [6.07, 6.45) is 3.14. The molecule has 1 aliphatic heterocycles. The average Bonchev–Trinajstić information content (AvgIpc) is 2.96. The zero-order chi connectivity index (χ0) is 23.8. The summed E-state index contributed by atoms with van der Waals surface area (Å²) in [7, 11) is 0. The van der Waals surface area contributed by atoms with Gasteiger partial charge in [-0.05, 0) is 48.0 Å². The van der Waals surface area contributed by atoms with Gasteiger partial charge in [-0.25, -0.2) is 23.5 Å². The van der Waals surface area contributed by atoms with Crippen molar-refractivity contribution < 1.29 is 18.7 Å². The number of carboxylic acid groups (broad SMARTS) is 1. The topological polar surface area (TPSA) is 87.5 Å². The van der Waals surface area contributed by atoms with Crippen LogP contribution in [0.5, 0.6) is 0 Å². The Bertz CT molecular complexity index is 1460. The molecule has 6 nitrogen and oxygen atoms in total. The largest absolute Gasteiger partial charge is 0.478 e. The van der Waals surface area contributed by atoms with Gasteiger partial charge in [0.05, 0.1) is 11.3 Å². The van der Waals surface area contributed by atoms with Crippen LogP contribution in [-0.4, -0.2) is 27.3 Å². The van der Waals surface area contributed by atoms with Gasteiger partial charge < -0.3 is 10.4 Å². The van der Waals surface area contributed by atoms with E-state index >= 15 is 0 Å². The van der Waals surface area contributed by atoms with Crippen molar-refractivity contribution in [1.29, 1.82) is 0 Å². The Morgan fingerprint density at radius 1 is 1.00 bits per heavy atom. The maximum atomic E-state index is 14.7. The van der Waals surface area contributed by atoms with Gasteiger partial charge in [0.25, 0.3) is 0 Å². The molecule has 1 aromatic heterocycles. The number of aliphatic imine (C=N–C) groups is 1. The number of halogens is 3. The van der Waals surface area contributed by atoms with Gasteiger partial charge >= 0.3 is 5.97 Å². The molecule has 0 saturated carbocycles. The standard InChI is InChI=1S/C25H15ClF2N4O2/c26-15-3-7-18-20(9-15)23(19-8-4-16(27)10-21(19)28)29-11-14-12-30-25(32-22(14)18)31-17-5-1-13(2-6-17)24(33)34/h1-12,23H,(H,33,34)(H,30,31,32). The first-order valence-electron chi connectivity index (χ1n) is 10.1. The number of anilines is 2. The van der Waals surface area contributed by atoms with Crippen LogP contribution in [0.15, 0.2) is 71.9 Å². The second kappa shape index (κ2) is 8.64. The number of aromatic carboxylic acids is 1. The molecule has 4 aromatic rings. The van der Waals surface area contributed by atoms with Crippen molar-refractivity contribution in [3.8, 4) is 11.3 Å². The first-order valence-corrected chi connectivity index (χ1v) is 10.5. The van der Waals surface area contributed by atoms with Crippen LogP contribution in [0.3, 0.4) is 0 Å². The maximum Gasteiger partial charge on any atom is 0.335 e. The summed E-state index contributed by atoms with van der Waals surface area (Å²) < 4.78 is 28.2. The van der Waals surface area contributed by atoms with E-state index in [-0.39, 0.29) is 17.1 Å². The number of rotatable bonds is 4. The molecule has 2 heterocycles. The lowest BCUT2D eigenvalue weighted by Crippen LogP contribution is -2.04. The fraction of sp³-hybridized carbons (Fsp3) is 0.0400. The molecule has 0 bridgehead atoms. The number of hydrogen-bond donors (Lipinski definition) is 2. The van der Waals surface area contributed by atoms with Crippen molar-refractivity contribution in [2.75, 3.05) is 5.32 Å². The van der Waals surface area contributed by atoms with Crippen LogP contribution in [0.25, 0.3) is 11.3 Å². The molecule has 0 spiro atoms. The Morgan fingerprint density at radius 2 is 1.79 bits per heavy atom. The summed E-state index contributed by atoms with van der Waals surface area (Å²) in [6.45, 7) is 0. The highest BCUT2D eigenvalue weighted by Crippen LogP contribution is 2.39. The Morgan fingerprint density at radius 3 is 2.53 bits per heavy atom. The average molecular weight is 477 g/mol. The number of nitrogens with one attached hydrogen (secondary N) is 1. The van der Waals surface area contributed by atoms with Crippen molar-refractivity contribution in [3.05, 3.63) is 106 Å². The number of hydrogen-bond acceptors (Lipinski definition) is 5. The molecule has 0 aliphatic carbocycles. The minimum atomic E-state index is -1.02. The monoisotopic (exact) mass is 476 g/mol. The van der Waals surface area contributed by atoms with Gasteiger partial charge in [-0.2, -0.15) is 0 Å². The lowest BCUT2D eigenvalue weighted by Gasteiger charge is -2.17. The molecule has 9 heteroatoms. The summed E-state index contributed by atoms with van der Waals surface area (Å²) in [5.74, 6) is -2.12. The number of fused-ring (bicyclic) bond motifs is 3. The lowest BCUT2D eigenvalue weighted by atomic mass is 9.93. The second-order valence-corrected chi connectivity index (χ2v) is 8.02. The summed E-state index contributed by atoms with van der Waals surface area (Å²) >= 11 is 6.26. The van der Waals surface area contributed by atoms with E-state index in [4.69, 9.17) is 16.7 Å². The number of carboxylic acids is 1. The zero-order valence-corrected chi connectivity index (χ0v) is 18.1. The summed E-state index contributed by atoms with van der Waals surface area (Å²) in [6, 6.07) is 14.0. The number of aromatic nitrogens is 2. The molecule has 0 saturated heterocycles. The predicted octanol–water partition coefficient (Wildman–Crippen LogP) is 6.04. The minimum absolute atomic E-state index is 0.162. The van der Waals surface area contributed by atoms with E-state index in [9.17, 15) is 13.6 Å². The molecule has 34 heavy (non-hydrogen) atoms. The zero-order valence-electron chi connectivity index (χ0n) is 17.3. The third-order valence-corrected chi connectivity index (χ3v) is 5.62. The van der Waals surface area contributed by atoms with Crippen molar-refractivity contribution in [2.24, 2.45) is 4.99 Å². The quantitative estimate of drug-likeness (QED) is 0.375. The van der Waals surface area contributed by atoms with Gasteiger partial charge in [0.15, 0.2) is 0 Å². The molecule has 0 amide bonds. The SMILES string of the molecule is O=C(O)c1ccc(Nc2ncc3c(n2)-c2ccc(Cl)cc2C(c2ccc(F)cc2F)N=C3)cc1. The first kappa shape index (κ1) is 21.7. The van der Waals surface area contributed by atoms with Gasteiger partial charge in [-0.15, -0.1) is 0 Å². The summed E-state index contributed by atoms with van der Waals surface area (Å²) in [5, 5.41) is 12.6. The highest BCUT2D eigenvalue weighted by Gasteiger charge is 2.25. The van der Waals surface area contributed by atoms with E-state index in [0.717, 1.165) is 6.07 Å². The number of benzene rings is 3. The number of nitrogens with zero attached hydrogens (tertiary/aromatic N) is 3. The molecule has 168 valence electrons. The molecular formula is C25H15ClF2N4O2. The molecule has 0 radical (unpaired) electrons. The highest BCUT2D eigenvalue weighted by molar-refractivity contribution is 6.30. The van der Waals surface area contributed by atoms with E-state index in [1.165, 1.54) is 24.3 Å². The van der Waals surface area contributed by atoms with Gasteiger partial charge in [0.1, 0.15) is 17.7 Å². The van der Waals surface area contributed by atoms with E-state index in [0.29, 0.717) is 33.1 Å². The van der Waals surface area contributed by atoms with Crippen molar-refractivity contribution in [1.82, 2.24) is 9.97 Å². The molecule has 1 atom stereocenters. The molecule has 3 aromatic carbocycles. The van der Waals surface area contributed by atoms with Gasteiger partial charge in [0.2, 0.25) is 5.95 Å². The predicted molar refractivity (Wildman–Crippen MR) is 125 cm³/mol. The van der Waals surface area contributed by atoms with Crippen LogP contribution in [0.1, 0.15) is 33.1 Å². The van der Waals surface area contributed by atoms with Crippen LogP contribution in [0.4, 0.5) is 20.4 Å². The fourth-order valence-electron chi connectivity index (χ4n) is 3.77. The first-order chi connectivity index (χ1) is 16.4. The Kier molecular flexibility index (Phi) is 5.51. The minimum Gasteiger partial charge on any atom is -0.478 e. The molecule has 5 rings (SSSR count). The third-order valence-electron chi connectivity index (χ3n) is 5.39. The van der Waals surface area contributed by atoms with Crippen LogP contribution in [0.2, 0.25) is 5.02 Å². The Hall–Kier alpha value is -4.17.